The second kappa shape index (κ2) is 5.94. The standard InChI is InChI=1S/C16H20N2OS/c1-11-12(2)20-16(18-11)10-19-15-7-3-13(4-8-15)9-17-14-5-6-14/h3-4,7-8,14,17H,5-6,9-10H2,1-2H3. The van der Waals surface area contributed by atoms with Crippen LogP contribution in [0.2, 0.25) is 0 Å². The van der Waals surface area contributed by atoms with E-state index in [1.807, 2.05) is 19.1 Å². The van der Waals surface area contributed by atoms with E-state index >= 15 is 0 Å². The molecule has 0 spiro atoms. The molecule has 1 N–H and O–H groups in total. The first kappa shape index (κ1) is 13.6. The molecule has 1 fully saturated rings. The van der Waals surface area contributed by atoms with Crippen molar-refractivity contribution in [3.63, 3.8) is 0 Å². The third-order valence-corrected chi connectivity index (χ3v) is 4.58. The van der Waals surface area contributed by atoms with Gasteiger partial charge in [-0.2, -0.15) is 0 Å². The van der Waals surface area contributed by atoms with Gasteiger partial charge < -0.3 is 10.1 Å². The average Bonchev–Trinajstić information content (AvgIpc) is 3.22. The van der Waals surface area contributed by atoms with Gasteiger partial charge in [0.2, 0.25) is 0 Å². The first-order valence-electron chi connectivity index (χ1n) is 7.09. The molecule has 0 bridgehead atoms. The van der Waals surface area contributed by atoms with E-state index in [9.17, 15) is 0 Å². The van der Waals surface area contributed by atoms with Crippen molar-refractivity contribution in [2.45, 2.75) is 45.9 Å². The van der Waals surface area contributed by atoms with Gasteiger partial charge in [0.25, 0.3) is 0 Å². The highest BCUT2D eigenvalue weighted by Crippen LogP contribution is 2.21. The molecule has 106 valence electrons. The fraction of sp³-hybridized carbons (Fsp3) is 0.438. The van der Waals surface area contributed by atoms with Crippen LogP contribution in [0.4, 0.5) is 0 Å². The van der Waals surface area contributed by atoms with Crippen molar-refractivity contribution in [2.24, 2.45) is 0 Å². The number of hydrogen-bond acceptors (Lipinski definition) is 4. The molecule has 0 unspecified atom stereocenters. The Morgan fingerprint density at radius 2 is 2.00 bits per heavy atom. The van der Waals surface area contributed by atoms with Gasteiger partial charge in [-0.25, -0.2) is 4.98 Å². The molecule has 1 heterocycles. The summed E-state index contributed by atoms with van der Waals surface area (Å²) in [5.74, 6) is 0.908. The number of benzene rings is 1. The lowest BCUT2D eigenvalue weighted by atomic mass is 10.2. The molecule has 1 aromatic heterocycles. The highest BCUT2D eigenvalue weighted by molar-refractivity contribution is 7.11. The van der Waals surface area contributed by atoms with E-state index in [4.69, 9.17) is 4.74 Å². The van der Waals surface area contributed by atoms with E-state index in [1.54, 1.807) is 11.3 Å². The average molecular weight is 288 g/mol. The third kappa shape index (κ3) is 3.58. The predicted molar refractivity (Wildman–Crippen MR) is 82.2 cm³/mol. The van der Waals surface area contributed by atoms with E-state index in [2.05, 4.69) is 29.4 Å². The topological polar surface area (TPSA) is 34.1 Å². The lowest BCUT2D eigenvalue weighted by Gasteiger charge is -2.06. The lowest BCUT2D eigenvalue weighted by Crippen LogP contribution is -2.15. The second-order valence-electron chi connectivity index (χ2n) is 5.34. The summed E-state index contributed by atoms with van der Waals surface area (Å²) in [5, 5.41) is 4.55. The molecule has 0 saturated heterocycles. The van der Waals surface area contributed by atoms with E-state index in [0.29, 0.717) is 6.61 Å². The van der Waals surface area contributed by atoms with Gasteiger partial charge in [0.1, 0.15) is 17.4 Å². The molecular formula is C16H20N2OS. The maximum atomic E-state index is 5.78. The van der Waals surface area contributed by atoms with Crippen LogP contribution in [0.5, 0.6) is 5.75 Å². The van der Waals surface area contributed by atoms with E-state index in [0.717, 1.165) is 29.0 Å². The van der Waals surface area contributed by atoms with Gasteiger partial charge in [-0.3, -0.25) is 0 Å². The van der Waals surface area contributed by atoms with E-state index in [-0.39, 0.29) is 0 Å². The minimum atomic E-state index is 0.555. The maximum absolute atomic E-state index is 5.78. The molecule has 3 nitrogen and oxygen atoms in total. The van der Waals surface area contributed by atoms with Crippen LogP contribution in [0.1, 0.15) is 34.0 Å². The molecule has 4 heteroatoms. The molecule has 0 radical (unpaired) electrons. The van der Waals surface area contributed by atoms with Gasteiger partial charge >= 0.3 is 0 Å². The summed E-state index contributed by atoms with van der Waals surface area (Å²) >= 11 is 1.71. The summed E-state index contributed by atoms with van der Waals surface area (Å²) in [4.78, 5) is 5.75. The smallest absolute Gasteiger partial charge is 0.140 e. The molecule has 0 aliphatic heterocycles. The summed E-state index contributed by atoms with van der Waals surface area (Å²) in [5.41, 5.74) is 2.42. The van der Waals surface area contributed by atoms with Crippen LogP contribution in [0.15, 0.2) is 24.3 Å². The van der Waals surface area contributed by atoms with Gasteiger partial charge in [-0.05, 0) is 44.4 Å². The minimum absolute atomic E-state index is 0.555. The number of aromatic nitrogens is 1. The van der Waals surface area contributed by atoms with Crippen molar-refractivity contribution >= 4 is 11.3 Å². The summed E-state index contributed by atoms with van der Waals surface area (Å²) in [6.45, 7) is 5.64. The Morgan fingerprint density at radius 3 is 2.60 bits per heavy atom. The van der Waals surface area contributed by atoms with Gasteiger partial charge in [-0.15, -0.1) is 11.3 Å². The monoisotopic (exact) mass is 288 g/mol. The molecule has 0 atom stereocenters. The predicted octanol–water partition coefficient (Wildman–Crippen LogP) is 3.59. The van der Waals surface area contributed by atoms with Crippen molar-refractivity contribution in [3.8, 4) is 5.75 Å². The molecule has 1 aliphatic rings. The van der Waals surface area contributed by atoms with Crippen LogP contribution < -0.4 is 10.1 Å². The van der Waals surface area contributed by atoms with Crippen molar-refractivity contribution in [2.75, 3.05) is 0 Å². The van der Waals surface area contributed by atoms with Crippen LogP contribution in [0.3, 0.4) is 0 Å². The van der Waals surface area contributed by atoms with Crippen LogP contribution in [-0.4, -0.2) is 11.0 Å². The Hall–Kier alpha value is -1.39. The summed E-state index contributed by atoms with van der Waals surface area (Å²) in [7, 11) is 0. The van der Waals surface area contributed by atoms with Crippen LogP contribution in [-0.2, 0) is 13.2 Å². The number of aryl methyl sites for hydroxylation is 2. The first-order valence-corrected chi connectivity index (χ1v) is 7.90. The summed E-state index contributed by atoms with van der Waals surface area (Å²) in [6.07, 6.45) is 2.65. The van der Waals surface area contributed by atoms with Gasteiger partial charge in [-0.1, -0.05) is 12.1 Å². The van der Waals surface area contributed by atoms with Crippen LogP contribution in [0.25, 0.3) is 0 Å². The second-order valence-corrected chi connectivity index (χ2v) is 6.62. The van der Waals surface area contributed by atoms with Crippen molar-refractivity contribution in [3.05, 3.63) is 45.4 Å². The number of nitrogens with zero attached hydrogens (tertiary/aromatic N) is 1. The molecule has 3 rings (SSSR count). The molecule has 1 aromatic carbocycles. The fourth-order valence-corrected chi connectivity index (χ4v) is 2.85. The molecular weight excluding hydrogens is 268 g/mol. The Balaban J connectivity index is 1.51. The SMILES string of the molecule is Cc1nc(COc2ccc(CNC3CC3)cc2)sc1C. The molecule has 2 aromatic rings. The Morgan fingerprint density at radius 1 is 1.25 bits per heavy atom. The number of rotatable bonds is 6. The largest absolute Gasteiger partial charge is 0.486 e. The zero-order valence-electron chi connectivity index (χ0n) is 12.0. The quantitative estimate of drug-likeness (QED) is 0.882. The third-order valence-electron chi connectivity index (χ3n) is 3.53. The number of thiazole rings is 1. The zero-order chi connectivity index (χ0) is 13.9. The van der Waals surface area contributed by atoms with E-state index in [1.165, 1.54) is 23.3 Å². The Bertz CT molecular complexity index is 553. The Kier molecular flexibility index (Phi) is 4.03. The maximum Gasteiger partial charge on any atom is 0.140 e. The molecule has 20 heavy (non-hydrogen) atoms. The van der Waals surface area contributed by atoms with Crippen molar-refractivity contribution in [1.29, 1.82) is 0 Å². The molecule has 0 amide bonds. The normalized spacial score (nSPS) is 14.5. The number of hydrogen-bond donors (Lipinski definition) is 1. The highest BCUT2D eigenvalue weighted by Gasteiger charge is 2.19. The number of ether oxygens (including phenoxy) is 1. The molecule has 1 aliphatic carbocycles. The highest BCUT2D eigenvalue weighted by atomic mass is 32.1. The molecule has 1 saturated carbocycles. The number of nitrogens with one attached hydrogen (secondary N) is 1. The first-order chi connectivity index (χ1) is 9.70. The Labute approximate surface area is 124 Å². The van der Waals surface area contributed by atoms with Crippen LogP contribution in [0, 0.1) is 13.8 Å². The van der Waals surface area contributed by atoms with Gasteiger partial charge in [0, 0.05) is 17.5 Å². The lowest BCUT2D eigenvalue weighted by molar-refractivity contribution is 0.305. The van der Waals surface area contributed by atoms with Crippen LogP contribution >= 0.6 is 11.3 Å². The van der Waals surface area contributed by atoms with Gasteiger partial charge in [0.05, 0.1) is 5.69 Å². The zero-order valence-corrected chi connectivity index (χ0v) is 12.8. The fourth-order valence-electron chi connectivity index (χ4n) is 2.00. The minimum Gasteiger partial charge on any atom is -0.486 e. The summed E-state index contributed by atoms with van der Waals surface area (Å²) < 4.78 is 5.78. The summed E-state index contributed by atoms with van der Waals surface area (Å²) in [6, 6.07) is 9.09. The van der Waals surface area contributed by atoms with Gasteiger partial charge in [0.15, 0.2) is 0 Å². The van der Waals surface area contributed by atoms with E-state index < -0.39 is 0 Å². The van der Waals surface area contributed by atoms with Crippen molar-refractivity contribution in [1.82, 2.24) is 10.3 Å². The van der Waals surface area contributed by atoms with Crippen molar-refractivity contribution < 1.29 is 4.74 Å².